The average molecular weight is 287 g/mol. The highest BCUT2D eigenvalue weighted by atomic mass is 16.5. The van der Waals surface area contributed by atoms with Gasteiger partial charge in [0.2, 0.25) is 5.88 Å². The third kappa shape index (κ3) is 4.45. The van der Waals surface area contributed by atoms with Gasteiger partial charge in [0.15, 0.2) is 0 Å². The minimum Gasteiger partial charge on any atom is -0.478 e. The van der Waals surface area contributed by atoms with Gasteiger partial charge in [0.05, 0.1) is 12.2 Å². The molecule has 6 nitrogen and oxygen atoms in total. The Bertz CT molecular complexity index is 617. The Morgan fingerprint density at radius 3 is 2.95 bits per heavy atom. The average Bonchev–Trinajstić information content (AvgIpc) is 2.51. The lowest BCUT2D eigenvalue weighted by Crippen LogP contribution is -2.05. The normalized spacial score (nSPS) is 10.1. The summed E-state index contributed by atoms with van der Waals surface area (Å²) < 4.78 is 5.43. The van der Waals surface area contributed by atoms with Crippen LogP contribution in [-0.2, 0) is 6.54 Å². The van der Waals surface area contributed by atoms with Gasteiger partial charge in [-0.2, -0.15) is 0 Å². The molecule has 0 saturated carbocycles. The largest absolute Gasteiger partial charge is 0.478 e. The topological polar surface area (TPSA) is 84.3 Å². The van der Waals surface area contributed by atoms with Crippen LogP contribution < -0.4 is 10.1 Å². The van der Waals surface area contributed by atoms with Crippen LogP contribution in [0, 0.1) is 0 Å². The predicted octanol–water partition coefficient (Wildman–Crippen LogP) is 2.58. The molecule has 0 aliphatic carbocycles. The van der Waals surface area contributed by atoms with Gasteiger partial charge in [0.1, 0.15) is 12.1 Å². The van der Waals surface area contributed by atoms with Gasteiger partial charge in [-0.05, 0) is 24.1 Å². The van der Waals surface area contributed by atoms with Crippen LogP contribution in [-0.4, -0.2) is 27.7 Å². The number of aromatic carboxylic acids is 1. The Kier molecular flexibility index (Phi) is 5.09. The molecule has 110 valence electrons. The van der Waals surface area contributed by atoms with E-state index in [1.807, 2.05) is 13.0 Å². The van der Waals surface area contributed by atoms with Crippen molar-refractivity contribution in [2.24, 2.45) is 0 Å². The fourth-order valence-corrected chi connectivity index (χ4v) is 1.73. The van der Waals surface area contributed by atoms with Crippen LogP contribution in [0.15, 0.2) is 36.7 Å². The second kappa shape index (κ2) is 7.23. The van der Waals surface area contributed by atoms with Crippen molar-refractivity contribution in [3.05, 3.63) is 47.8 Å². The molecule has 1 aromatic carbocycles. The first kappa shape index (κ1) is 14.8. The van der Waals surface area contributed by atoms with Gasteiger partial charge in [0.25, 0.3) is 0 Å². The van der Waals surface area contributed by atoms with Crippen LogP contribution in [0.2, 0.25) is 0 Å². The molecular weight excluding hydrogens is 270 g/mol. The van der Waals surface area contributed by atoms with Gasteiger partial charge in [-0.3, -0.25) is 0 Å². The number of nitrogens with one attached hydrogen (secondary N) is 1. The van der Waals surface area contributed by atoms with E-state index >= 15 is 0 Å². The predicted molar refractivity (Wildman–Crippen MR) is 78.5 cm³/mol. The molecule has 0 saturated heterocycles. The summed E-state index contributed by atoms with van der Waals surface area (Å²) in [5.41, 5.74) is 1.13. The lowest BCUT2D eigenvalue weighted by atomic mass is 10.1. The third-order valence-electron chi connectivity index (χ3n) is 2.74. The van der Waals surface area contributed by atoms with Gasteiger partial charge in [0, 0.05) is 12.6 Å². The number of ether oxygens (including phenoxy) is 1. The van der Waals surface area contributed by atoms with Gasteiger partial charge in [-0.15, -0.1) is 0 Å². The van der Waals surface area contributed by atoms with Crippen molar-refractivity contribution in [1.29, 1.82) is 0 Å². The first-order valence-electron chi connectivity index (χ1n) is 6.70. The zero-order chi connectivity index (χ0) is 15.1. The lowest BCUT2D eigenvalue weighted by Gasteiger charge is -2.08. The first-order valence-corrected chi connectivity index (χ1v) is 6.70. The van der Waals surface area contributed by atoms with E-state index in [1.165, 1.54) is 6.33 Å². The number of aromatic nitrogens is 2. The van der Waals surface area contributed by atoms with Crippen molar-refractivity contribution in [3.63, 3.8) is 0 Å². The van der Waals surface area contributed by atoms with Crippen LogP contribution in [0.25, 0.3) is 0 Å². The summed E-state index contributed by atoms with van der Waals surface area (Å²) in [4.78, 5) is 19.0. The molecule has 0 atom stereocenters. The Labute approximate surface area is 122 Å². The van der Waals surface area contributed by atoms with Crippen LogP contribution in [0.4, 0.5) is 5.82 Å². The summed E-state index contributed by atoms with van der Waals surface area (Å²) in [5.74, 6) is 0.222. The maximum atomic E-state index is 10.9. The summed E-state index contributed by atoms with van der Waals surface area (Å²) in [6.07, 6.45) is 2.34. The molecule has 0 amide bonds. The number of carboxylic acid groups (broad SMARTS) is 1. The number of carbonyl (C=O) groups is 1. The second-order valence-corrected chi connectivity index (χ2v) is 4.45. The highest BCUT2D eigenvalue weighted by molar-refractivity contribution is 5.87. The van der Waals surface area contributed by atoms with Crippen molar-refractivity contribution in [2.45, 2.75) is 19.9 Å². The highest BCUT2D eigenvalue weighted by Gasteiger charge is 2.04. The summed E-state index contributed by atoms with van der Waals surface area (Å²) in [6, 6.07) is 8.49. The van der Waals surface area contributed by atoms with E-state index in [9.17, 15) is 4.79 Å². The maximum absolute atomic E-state index is 10.9. The molecule has 1 heterocycles. The van der Waals surface area contributed by atoms with E-state index in [0.29, 0.717) is 24.8 Å². The zero-order valence-corrected chi connectivity index (χ0v) is 11.7. The van der Waals surface area contributed by atoms with Crippen molar-refractivity contribution in [3.8, 4) is 5.88 Å². The van der Waals surface area contributed by atoms with E-state index in [2.05, 4.69) is 15.3 Å². The van der Waals surface area contributed by atoms with Crippen LogP contribution in [0.5, 0.6) is 5.88 Å². The lowest BCUT2D eigenvalue weighted by molar-refractivity contribution is 0.0697. The zero-order valence-electron chi connectivity index (χ0n) is 11.7. The summed E-state index contributed by atoms with van der Waals surface area (Å²) in [7, 11) is 0. The second-order valence-electron chi connectivity index (χ2n) is 4.45. The monoisotopic (exact) mass is 287 g/mol. The minimum atomic E-state index is -0.936. The number of carboxylic acids is 1. The summed E-state index contributed by atoms with van der Waals surface area (Å²) in [6.45, 7) is 3.11. The molecule has 1 aromatic heterocycles. The van der Waals surface area contributed by atoms with Crippen LogP contribution in [0.3, 0.4) is 0 Å². The summed E-state index contributed by atoms with van der Waals surface area (Å²) in [5, 5.41) is 12.1. The number of hydrogen-bond acceptors (Lipinski definition) is 5. The van der Waals surface area contributed by atoms with E-state index in [4.69, 9.17) is 9.84 Å². The molecule has 2 aromatic rings. The van der Waals surface area contributed by atoms with Gasteiger partial charge < -0.3 is 15.2 Å². The molecule has 2 rings (SSSR count). The van der Waals surface area contributed by atoms with Crippen molar-refractivity contribution in [1.82, 2.24) is 9.97 Å². The molecule has 0 aliphatic rings. The van der Waals surface area contributed by atoms with Gasteiger partial charge in [-0.25, -0.2) is 14.8 Å². The molecule has 6 heteroatoms. The Morgan fingerprint density at radius 2 is 2.19 bits per heavy atom. The van der Waals surface area contributed by atoms with Gasteiger partial charge >= 0.3 is 5.97 Å². The molecule has 0 fully saturated rings. The van der Waals surface area contributed by atoms with E-state index in [-0.39, 0.29) is 5.56 Å². The molecule has 0 bridgehead atoms. The molecule has 21 heavy (non-hydrogen) atoms. The van der Waals surface area contributed by atoms with Crippen molar-refractivity contribution in [2.75, 3.05) is 11.9 Å². The molecule has 2 N–H and O–H groups in total. The van der Waals surface area contributed by atoms with Gasteiger partial charge in [-0.1, -0.05) is 19.1 Å². The SMILES string of the molecule is CCCOc1cc(NCc2cccc(C(=O)O)c2)ncn1. The Morgan fingerprint density at radius 1 is 1.33 bits per heavy atom. The number of hydrogen-bond donors (Lipinski definition) is 2. The number of benzene rings is 1. The van der Waals surface area contributed by atoms with E-state index < -0.39 is 5.97 Å². The van der Waals surface area contributed by atoms with Crippen molar-refractivity contribution < 1.29 is 14.6 Å². The highest BCUT2D eigenvalue weighted by Crippen LogP contribution is 2.13. The third-order valence-corrected chi connectivity index (χ3v) is 2.74. The molecule has 0 spiro atoms. The molecule has 0 radical (unpaired) electrons. The van der Waals surface area contributed by atoms with E-state index in [0.717, 1.165) is 12.0 Å². The minimum absolute atomic E-state index is 0.268. The Hall–Kier alpha value is -2.63. The number of anilines is 1. The van der Waals surface area contributed by atoms with Crippen LogP contribution >= 0.6 is 0 Å². The standard InChI is InChI=1S/C15H17N3O3/c1-2-6-21-14-8-13(17-10-18-14)16-9-11-4-3-5-12(7-11)15(19)20/h3-5,7-8,10H,2,6,9H2,1H3,(H,19,20)(H,16,17,18). The van der Waals surface area contributed by atoms with Crippen LogP contribution in [0.1, 0.15) is 29.3 Å². The quantitative estimate of drug-likeness (QED) is 0.814. The van der Waals surface area contributed by atoms with E-state index in [1.54, 1.807) is 24.3 Å². The molecular formula is C15H17N3O3. The molecule has 0 aliphatic heterocycles. The Balaban J connectivity index is 1.99. The fourth-order valence-electron chi connectivity index (χ4n) is 1.73. The number of rotatable bonds is 7. The summed E-state index contributed by atoms with van der Waals surface area (Å²) >= 11 is 0. The molecule has 0 unspecified atom stereocenters. The smallest absolute Gasteiger partial charge is 0.335 e. The first-order chi connectivity index (χ1) is 10.2. The maximum Gasteiger partial charge on any atom is 0.335 e. The fraction of sp³-hybridized carbons (Fsp3) is 0.267. The number of nitrogens with zero attached hydrogens (tertiary/aromatic N) is 2. The van der Waals surface area contributed by atoms with Crippen molar-refractivity contribution >= 4 is 11.8 Å².